The molecule has 0 spiro atoms. The molecule has 3 heterocycles. The Bertz CT molecular complexity index is 1370. The van der Waals surface area contributed by atoms with Gasteiger partial charge in [-0.2, -0.15) is 5.10 Å². The molecule has 6 rings (SSSR count). The highest BCUT2D eigenvalue weighted by atomic mass is 19.1. The van der Waals surface area contributed by atoms with E-state index in [1.165, 1.54) is 18.2 Å². The molecule has 1 saturated heterocycles. The fraction of sp³-hybridized carbons (Fsp3) is 0.429. The maximum atomic E-state index is 14.5. The summed E-state index contributed by atoms with van der Waals surface area (Å²) in [5.74, 6) is -1.36. The van der Waals surface area contributed by atoms with E-state index >= 15 is 0 Å². The lowest BCUT2D eigenvalue weighted by atomic mass is 9.66. The number of ketones is 1. The molecule has 1 N–H and O–H groups in total. The number of fused-ring (bicyclic) bond motifs is 5. The number of ether oxygens (including phenoxy) is 1. The number of carbonyl (C=O) groups is 1. The van der Waals surface area contributed by atoms with E-state index in [9.17, 15) is 18.7 Å². The molecule has 36 heavy (non-hydrogen) atoms. The molecule has 0 radical (unpaired) electrons. The number of Topliss-reactive ketones (excluding diaryl/α,β-unsaturated/α-hetero) is 1. The minimum absolute atomic E-state index is 0.116. The van der Waals surface area contributed by atoms with Crippen LogP contribution in [0.25, 0.3) is 11.3 Å². The number of aromatic nitrogens is 3. The van der Waals surface area contributed by atoms with Crippen LogP contribution in [0.3, 0.4) is 0 Å². The van der Waals surface area contributed by atoms with Crippen molar-refractivity contribution in [2.75, 3.05) is 13.2 Å². The molecule has 1 aromatic carbocycles. The summed E-state index contributed by atoms with van der Waals surface area (Å²) >= 11 is 0. The molecule has 6 nitrogen and oxygen atoms in total. The predicted octanol–water partition coefficient (Wildman–Crippen LogP) is 4.74. The predicted molar refractivity (Wildman–Crippen MR) is 127 cm³/mol. The molecule has 8 heteroatoms. The molecule has 2 atom stereocenters. The molecule has 1 saturated carbocycles. The van der Waals surface area contributed by atoms with Crippen molar-refractivity contribution in [3.63, 3.8) is 0 Å². The van der Waals surface area contributed by atoms with E-state index in [1.807, 2.05) is 12.1 Å². The Hall–Kier alpha value is -3.10. The van der Waals surface area contributed by atoms with Gasteiger partial charge in [0.25, 0.3) is 0 Å². The number of nitrogens with zero attached hydrogens (tertiary/aromatic N) is 3. The Morgan fingerprint density at radius 2 is 1.83 bits per heavy atom. The quantitative estimate of drug-likeness (QED) is 0.501. The van der Waals surface area contributed by atoms with Gasteiger partial charge in [0.2, 0.25) is 0 Å². The molecule has 2 bridgehead atoms. The van der Waals surface area contributed by atoms with Crippen LogP contribution >= 0.6 is 0 Å². The van der Waals surface area contributed by atoms with E-state index < -0.39 is 22.7 Å². The van der Waals surface area contributed by atoms with Crippen LogP contribution in [0.4, 0.5) is 8.78 Å². The fourth-order valence-corrected chi connectivity index (χ4v) is 6.54. The van der Waals surface area contributed by atoms with Crippen LogP contribution in [0.5, 0.6) is 0 Å². The molecular formula is C28H27F2N3O3. The third-order valence-electron chi connectivity index (χ3n) is 8.63. The summed E-state index contributed by atoms with van der Waals surface area (Å²) in [5, 5.41) is 19.1. The van der Waals surface area contributed by atoms with E-state index in [1.54, 1.807) is 12.1 Å². The first-order valence-corrected chi connectivity index (χ1v) is 12.3. The number of carbonyl (C=O) groups excluding carboxylic acids is 1. The van der Waals surface area contributed by atoms with Crippen molar-refractivity contribution >= 4 is 5.78 Å². The van der Waals surface area contributed by atoms with Crippen molar-refractivity contribution in [3.8, 4) is 11.3 Å². The van der Waals surface area contributed by atoms with Gasteiger partial charge in [0.05, 0.1) is 41.3 Å². The van der Waals surface area contributed by atoms with Crippen LogP contribution in [0.2, 0.25) is 0 Å². The van der Waals surface area contributed by atoms with E-state index in [0.717, 1.165) is 29.8 Å². The van der Waals surface area contributed by atoms with Crippen LogP contribution in [-0.2, 0) is 10.2 Å². The maximum absolute atomic E-state index is 14.5. The largest absolute Gasteiger partial charge is 0.385 e. The number of halogens is 2. The van der Waals surface area contributed by atoms with Crippen LogP contribution in [0, 0.1) is 17.0 Å². The van der Waals surface area contributed by atoms with Crippen LogP contribution in [-0.4, -0.2) is 44.9 Å². The summed E-state index contributed by atoms with van der Waals surface area (Å²) in [6, 6.07) is 11.0. The lowest BCUT2D eigenvalue weighted by molar-refractivity contribution is -0.180. The van der Waals surface area contributed by atoms with Gasteiger partial charge >= 0.3 is 0 Å². The summed E-state index contributed by atoms with van der Waals surface area (Å²) in [6.45, 7) is 4.83. The second-order valence-corrected chi connectivity index (χ2v) is 10.9. The van der Waals surface area contributed by atoms with Gasteiger partial charge in [-0.25, -0.2) is 13.8 Å². The second kappa shape index (κ2) is 7.95. The van der Waals surface area contributed by atoms with Gasteiger partial charge in [-0.15, -0.1) is 5.10 Å². The highest BCUT2D eigenvalue weighted by Crippen LogP contribution is 2.69. The average Bonchev–Trinajstić information content (AvgIpc) is 3.22. The molecule has 2 aliphatic carbocycles. The molecular weight excluding hydrogens is 464 g/mol. The zero-order valence-electron chi connectivity index (χ0n) is 20.2. The number of aliphatic hydroxyl groups is 1. The van der Waals surface area contributed by atoms with Gasteiger partial charge in [0.15, 0.2) is 5.78 Å². The van der Waals surface area contributed by atoms with Gasteiger partial charge in [0, 0.05) is 6.42 Å². The van der Waals surface area contributed by atoms with Crippen molar-refractivity contribution in [2.45, 2.75) is 56.5 Å². The first-order valence-electron chi connectivity index (χ1n) is 12.3. The zero-order valence-corrected chi connectivity index (χ0v) is 20.2. The minimum Gasteiger partial charge on any atom is -0.385 e. The van der Waals surface area contributed by atoms with Gasteiger partial charge in [0.1, 0.15) is 22.9 Å². The average molecular weight is 492 g/mol. The normalized spacial score (nSPS) is 24.9. The first kappa shape index (κ1) is 23.3. The van der Waals surface area contributed by atoms with Gasteiger partial charge in [-0.05, 0) is 66.5 Å². The van der Waals surface area contributed by atoms with E-state index in [4.69, 9.17) is 9.72 Å². The topological polar surface area (TPSA) is 85.2 Å². The second-order valence-electron chi connectivity index (χ2n) is 10.9. The van der Waals surface area contributed by atoms with Crippen molar-refractivity contribution < 1.29 is 23.4 Å². The number of hydrogen-bond donors (Lipinski definition) is 1. The van der Waals surface area contributed by atoms with Crippen LogP contribution in [0.1, 0.15) is 72.9 Å². The summed E-state index contributed by atoms with van der Waals surface area (Å²) in [5.41, 5.74) is 1.03. The molecule has 2 aromatic heterocycles. The maximum Gasteiger partial charge on any atom is 0.181 e. The standard InChI is InChI=1S/C28H27F2N3O3/c1-26(2)17-9-12-28(26,23-8-4-7-20(31-23)22(34)10-11-27(35)14-36-15-27)25-16(17)13-21(32-33-25)24-18(29)5-3-6-19(24)30/h3-8,13,17,35H,9-12,14-15H2,1-2H3/t17-,28-/m0/s1. The number of hydrogen-bond acceptors (Lipinski definition) is 6. The van der Waals surface area contributed by atoms with Crippen molar-refractivity contribution in [3.05, 3.63) is 76.7 Å². The highest BCUT2D eigenvalue weighted by Gasteiger charge is 2.65. The van der Waals surface area contributed by atoms with Gasteiger partial charge < -0.3 is 9.84 Å². The van der Waals surface area contributed by atoms with Crippen molar-refractivity contribution in [1.82, 2.24) is 15.2 Å². The Kier molecular flexibility index (Phi) is 5.15. The summed E-state index contributed by atoms with van der Waals surface area (Å²) < 4.78 is 34.0. The molecule has 0 amide bonds. The molecule has 186 valence electrons. The highest BCUT2D eigenvalue weighted by molar-refractivity contribution is 5.94. The van der Waals surface area contributed by atoms with E-state index in [-0.39, 0.29) is 48.0 Å². The third kappa shape index (κ3) is 3.20. The Morgan fingerprint density at radius 3 is 2.53 bits per heavy atom. The Balaban J connectivity index is 1.39. The Morgan fingerprint density at radius 1 is 1.11 bits per heavy atom. The van der Waals surface area contributed by atoms with E-state index in [2.05, 4.69) is 24.0 Å². The molecule has 3 aromatic rings. The SMILES string of the molecule is CC1(C)[C@H]2CC[C@]1(c1cccc(C(=O)CCC3(O)COC3)n1)c1nnc(-c3c(F)cccc3F)cc12. The van der Waals surface area contributed by atoms with Gasteiger partial charge in [-0.1, -0.05) is 26.0 Å². The monoisotopic (exact) mass is 491 g/mol. The van der Waals surface area contributed by atoms with Gasteiger partial charge in [-0.3, -0.25) is 4.79 Å². The van der Waals surface area contributed by atoms with Crippen molar-refractivity contribution in [1.29, 1.82) is 0 Å². The summed E-state index contributed by atoms with van der Waals surface area (Å²) in [4.78, 5) is 17.8. The van der Waals surface area contributed by atoms with E-state index in [0.29, 0.717) is 12.1 Å². The molecule has 2 fully saturated rings. The number of pyridine rings is 1. The molecule has 3 aliphatic rings. The lowest BCUT2D eigenvalue weighted by Crippen LogP contribution is -2.49. The Labute approximate surface area is 207 Å². The first-order chi connectivity index (χ1) is 17.2. The molecule has 1 aliphatic heterocycles. The smallest absolute Gasteiger partial charge is 0.181 e. The number of benzene rings is 1. The lowest BCUT2D eigenvalue weighted by Gasteiger charge is -2.37. The fourth-order valence-electron chi connectivity index (χ4n) is 6.54. The van der Waals surface area contributed by atoms with Crippen LogP contribution in [0.15, 0.2) is 42.5 Å². The number of rotatable bonds is 6. The van der Waals surface area contributed by atoms with Crippen LogP contribution < -0.4 is 0 Å². The minimum atomic E-state index is -0.929. The van der Waals surface area contributed by atoms with Crippen molar-refractivity contribution in [2.24, 2.45) is 5.41 Å². The summed E-state index contributed by atoms with van der Waals surface area (Å²) in [7, 11) is 0. The summed E-state index contributed by atoms with van der Waals surface area (Å²) in [6.07, 6.45) is 2.18. The third-order valence-corrected chi connectivity index (χ3v) is 8.63. The molecule has 0 unspecified atom stereocenters. The zero-order chi connectivity index (χ0) is 25.3.